The predicted molar refractivity (Wildman–Crippen MR) is 83.6 cm³/mol. The van der Waals surface area contributed by atoms with Crippen molar-refractivity contribution in [3.8, 4) is 0 Å². The maximum atomic E-state index is 12.5. The van der Waals surface area contributed by atoms with Crippen molar-refractivity contribution in [2.75, 3.05) is 33.7 Å². The Hall–Kier alpha value is -1.62. The first kappa shape index (κ1) is 15.8. The fraction of sp³-hybridized carbons (Fsp3) is 0.625. The molecule has 1 aromatic rings. The third-order valence-corrected chi connectivity index (χ3v) is 4.24. The van der Waals surface area contributed by atoms with Gasteiger partial charge in [0.1, 0.15) is 5.56 Å². The molecular formula is C16H25N3O2. The fourth-order valence-corrected chi connectivity index (χ4v) is 2.89. The second kappa shape index (κ2) is 6.43. The number of aryl methyl sites for hydroxylation is 2. The minimum absolute atomic E-state index is 0.126. The Morgan fingerprint density at radius 2 is 1.95 bits per heavy atom. The maximum absolute atomic E-state index is 12.5. The van der Waals surface area contributed by atoms with Gasteiger partial charge in [0.05, 0.1) is 0 Å². The highest BCUT2D eigenvalue weighted by molar-refractivity contribution is 5.93. The molecule has 0 aromatic carbocycles. The molecule has 0 bridgehead atoms. The van der Waals surface area contributed by atoms with Crippen molar-refractivity contribution in [2.24, 2.45) is 13.0 Å². The van der Waals surface area contributed by atoms with E-state index in [0.29, 0.717) is 5.92 Å². The summed E-state index contributed by atoms with van der Waals surface area (Å²) in [6.07, 6.45) is 3.68. The second-order valence-corrected chi connectivity index (χ2v) is 6.30. The normalized spacial score (nSPS) is 16.5. The van der Waals surface area contributed by atoms with Crippen LogP contribution in [0, 0.1) is 12.8 Å². The van der Waals surface area contributed by atoms with E-state index in [2.05, 4.69) is 19.0 Å². The highest BCUT2D eigenvalue weighted by Crippen LogP contribution is 2.19. The van der Waals surface area contributed by atoms with Crippen molar-refractivity contribution in [3.05, 3.63) is 33.7 Å². The van der Waals surface area contributed by atoms with E-state index < -0.39 is 0 Å². The third kappa shape index (κ3) is 3.73. The summed E-state index contributed by atoms with van der Waals surface area (Å²) >= 11 is 0. The zero-order valence-corrected chi connectivity index (χ0v) is 13.4. The summed E-state index contributed by atoms with van der Waals surface area (Å²) in [7, 11) is 6.01. The molecule has 5 heteroatoms. The SMILES string of the molecule is Cc1cc(=O)c(C(=O)N2CCC(CN(C)C)CC2)cn1C. The molecule has 1 fully saturated rings. The molecule has 0 spiro atoms. The largest absolute Gasteiger partial charge is 0.354 e. The molecule has 1 amide bonds. The molecule has 21 heavy (non-hydrogen) atoms. The summed E-state index contributed by atoms with van der Waals surface area (Å²) in [5.74, 6) is 0.517. The summed E-state index contributed by atoms with van der Waals surface area (Å²) in [4.78, 5) is 28.5. The number of likely N-dealkylation sites (tertiary alicyclic amines) is 1. The van der Waals surface area contributed by atoms with Crippen LogP contribution in [0.3, 0.4) is 0 Å². The van der Waals surface area contributed by atoms with Crippen LogP contribution in [0.5, 0.6) is 0 Å². The molecule has 1 aliphatic heterocycles. The van der Waals surface area contributed by atoms with Gasteiger partial charge in [-0.05, 0) is 39.8 Å². The van der Waals surface area contributed by atoms with Gasteiger partial charge in [0.25, 0.3) is 5.91 Å². The van der Waals surface area contributed by atoms with Crippen LogP contribution in [0.25, 0.3) is 0 Å². The zero-order valence-electron chi connectivity index (χ0n) is 13.4. The van der Waals surface area contributed by atoms with Gasteiger partial charge in [0.2, 0.25) is 0 Å². The van der Waals surface area contributed by atoms with Gasteiger partial charge in [-0.1, -0.05) is 0 Å². The number of aromatic nitrogens is 1. The number of hydrogen-bond donors (Lipinski definition) is 0. The number of pyridine rings is 1. The molecule has 116 valence electrons. The number of amides is 1. The Morgan fingerprint density at radius 3 is 2.52 bits per heavy atom. The molecule has 1 aromatic heterocycles. The Kier molecular flexibility index (Phi) is 4.83. The van der Waals surface area contributed by atoms with Gasteiger partial charge in [0.15, 0.2) is 5.43 Å². The first-order chi connectivity index (χ1) is 9.88. The Balaban J connectivity index is 2.06. The number of carbonyl (C=O) groups is 1. The van der Waals surface area contributed by atoms with Gasteiger partial charge in [-0.15, -0.1) is 0 Å². The number of piperidine rings is 1. The van der Waals surface area contributed by atoms with Crippen LogP contribution in [-0.4, -0.2) is 54.0 Å². The molecule has 2 rings (SSSR count). The standard InChI is InChI=1S/C16H25N3O2/c1-12-9-15(20)14(11-18(12)4)16(21)19-7-5-13(6-8-19)10-17(2)3/h9,11,13H,5-8,10H2,1-4H3. The van der Waals surface area contributed by atoms with Gasteiger partial charge in [-0.25, -0.2) is 0 Å². The molecule has 0 unspecified atom stereocenters. The van der Waals surface area contributed by atoms with Crippen LogP contribution in [0.1, 0.15) is 28.9 Å². The van der Waals surface area contributed by atoms with Gasteiger partial charge >= 0.3 is 0 Å². The van der Waals surface area contributed by atoms with Crippen LogP contribution in [0.15, 0.2) is 17.1 Å². The minimum Gasteiger partial charge on any atom is -0.354 e. The van der Waals surface area contributed by atoms with E-state index in [-0.39, 0.29) is 16.9 Å². The molecule has 0 radical (unpaired) electrons. The highest BCUT2D eigenvalue weighted by Gasteiger charge is 2.25. The zero-order chi connectivity index (χ0) is 15.6. The summed E-state index contributed by atoms with van der Waals surface area (Å²) in [5.41, 5.74) is 0.974. The van der Waals surface area contributed by atoms with Crippen molar-refractivity contribution in [2.45, 2.75) is 19.8 Å². The van der Waals surface area contributed by atoms with E-state index in [1.807, 2.05) is 23.4 Å². The molecule has 0 aliphatic carbocycles. The molecule has 1 saturated heterocycles. The summed E-state index contributed by atoms with van der Waals surface area (Å²) < 4.78 is 1.83. The molecule has 5 nitrogen and oxygen atoms in total. The highest BCUT2D eigenvalue weighted by atomic mass is 16.2. The van der Waals surface area contributed by atoms with Crippen LogP contribution in [0.4, 0.5) is 0 Å². The summed E-state index contributed by atoms with van der Waals surface area (Å²) in [5, 5.41) is 0. The van der Waals surface area contributed by atoms with E-state index in [9.17, 15) is 9.59 Å². The smallest absolute Gasteiger partial charge is 0.259 e. The molecule has 1 aliphatic rings. The number of rotatable bonds is 3. The molecule has 0 N–H and O–H groups in total. The van der Waals surface area contributed by atoms with Crippen molar-refractivity contribution < 1.29 is 4.79 Å². The average molecular weight is 291 g/mol. The van der Waals surface area contributed by atoms with Crippen molar-refractivity contribution in [1.82, 2.24) is 14.4 Å². The van der Waals surface area contributed by atoms with Gasteiger partial charge in [-0.2, -0.15) is 0 Å². The van der Waals surface area contributed by atoms with E-state index in [4.69, 9.17) is 0 Å². The molecule has 0 atom stereocenters. The first-order valence-corrected chi connectivity index (χ1v) is 7.49. The van der Waals surface area contributed by atoms with Crippen LogP contribution >= 0.6 is 0 Å². The van der Waals surface area contributed by atoms with Crippen LogP contribution < -0.4 is 5.43 Å². The van der Waals surface area contributed by atoms with E-state index in [1.165, 1.54) is 6.07 Å². The summed E-state index contributed by atoms with van der Waals surface area (Å²) in [6.45, 7) is 4.42. The Labute approximate surface area is 126 Å². The number of nitrogens with zero attached hydrogens (tertiary/aromatic N) is 3. The lowest BCUT2D eigenvalue weighted by atomic mass is 9.96. The first-order valence-electron chi connectivity index (χ1n) is 7.49. The van der Waals surface area contributed by atoms with Crippen molar-refractivity contribution in [1.29, 1.82) is 0 Å². The number of hydrogen-bond acceptors (Lipinski definition) is 3. The minimum atomic E-state index is -0.175. The lowest BCUT2D eigenvalue weighted by Crippen LogP contribution is -2.42. The Bertz CT molecular complexity index is 569. The van der Waals surface area contributed by atoms with Crippen molar-refractivity contribution in [3.63, 3.8) is 0 Å². The van der Waals surface area contributed by atoms with Gasteiger partial charge in [-0.3, -0.25) is 9.59 Å². The second-order valence-electron chi connectivity index (χ2n) is 6.30. The molecular weight excluding hydrogens is 266 g/mol. The maximum Gasteiger partial charge on any atom is 0.259 e. The van der Waals surface area contributed by atoms with Crippen LogP contribution in [0.2, 0.25) is 0 Å². The predicted octanol–water partition coefficient (Wildman–Crippen LogP) is 1.11. The van der Waals surface area contributed by atoms with Crippen molar-refractivity contribution >= 4 is 5.91 Å². The topological polar surface area (TPSA) is 45.6 Å². The average Bonchev–Trinajstić information content (AvgIpc) is 2.42. The fourth-order valence-electron chi connectivity index (χ4n) is 2.89. The van der Waals surface area contributed by atoms with E-state index >= 15 is 0 Å². The van der Waals surface area contributed by atoms with E-state index in [0.717, 1.165) is 38.2 Å². The molecule has 2 heterocycles. The van der Waals surface area contributed by atoms with Crippen LogP contribution in [-0.2, 0) is 7.05 Å². The monoisotopic (exact) mass is 291 g/mol. The Morgan fingerprint density at radius 1 is 1.33 bits per heavy atom. The quantitative estimate of drug-likeness (QED) is 0.838. The molecule has 0 saturated carbocycles. The lowest BCUT2D eigenvalue weighted by Gasteiger charge is -2.33. The van der Waals surface area contributed by atoms with E-state index in [1.54, 1.807) is 6.20 Å². The third-order valence-electron chi connectivity index (χ3n) is 4.24. The lowest BCUT2D eigenvalue weighted by molar-refractivity contribution is 0.0676. The van der Waals surface area contributed by atoms with Gasteiger partial charge < -0.3 is 14.4 Å². The summed E-state index contributed by atoms with van der Waals surface area (Å²) in [6, 6.07) is 1.53. The van der Waals surface area contributed by atoms with Gasteiger partial charge in [0, 0.05) is 44.6 Å². The number of carbonyl (C=O) groups excluding carboxylic acids is 1.